The molecule has 0 aliphatic rings. The Kier molecular flexibility index (Phi) is 8.30. The Morgan fingerprint density at radius 3 is 2.42 bits per heavy atom. The first-order valence-electron chi connectivity index (χ1n) is 10.9. The number of aromatic nitrogens is 3. The van der Waals surface area contributed by atoms with Gasteiger partial charge in [0.05, 0.1) is 28.6 Å². The van der Waals surface area contributed by atoms with E-state index in [0.29, 0.717) is 26.7 Å². The number of amides is 1. The second-order valence-electron chi connectivity index (χ2n) is 7.86. The summed E-state index contributed by atoms with van der Waals surface area (Å²) < 4.78 is 7.21. The van der Waals surface area contributed by atoms with Gasteiger partial charge < -0.3 is 4.74 Å². The first-order chi connectivity index (χ1) is 17.4. The van der Waals surface area contributed by atoms with E-state index < -0.39 is 0 Å². The number of nitrogens with one attached hydrogen (secondary N) is 1. The minimum absolute atomic E-state index is 0.0976. The van der Waals surface area contributed by atoms with Gasteiger partial charge in [0.25, 0.3) is 5.91 Å². The van der Waals surface area contributed by atoms with Gasteiger partial charge in [-0.2, -0.15) is 5.10 Å². The lowest BCUT2D eigenvalue weighted by Gasteiger charge is -2.11. The zero-order chi connectivity index (χ0) is 25.7. The molecule has 0 fully saturated rings. The third-order valence-corrected chi connectivity index (χ3v) is 6.96. The summed E-state index contributed by atoms with van der Waals surface area (Å²) in [5, 5.41) is 14.4. The van der Waals surface area contributed by atoms with Crippen molar-refractivity contribution in [2.45, 2.75) is 19.0 Å². The summed E-state index contributed by atoms with van der Waals surface area (Å²) >= 11 is 13.3. The molecule has 0 unspecified atom stereocenters. The van der Waals surface area contributed by atoms with Crippen molar-refractivity contribution in [2.24, 2.45) is 5.10 Å². The number of thioether (sulfide) groups is 1. The third kappa shape index (κ3) is 6.07. The lowest BCUT2D eigenvalue weighted by atomic mass is 10.1. The molecule has 0 aliphatic carbocycles. The Balaban J connectivity index is 1.53. The van der Waals surface area contributed by atoms with Crippen molar-refractivity contribution in [1.82, 2.24) is 20.2 Å². The molecular weight excluding hydrogens is 517 g/mol. The summed E-state index contributed by atoms with van der Waals surface area (Å²) in [5.41, 5.74) is 6.88. The van der Waals surface area contributed by atoms with Gasteiger partial charge >= 0.3 is 0 Å². The maximum atomic E-state index is 12.6. The zero-order valence-corrected chi connectivity index (χ0v) is 22.2. The fraction of sp³-hybridized carbons (Fsp3) is 0.154. The molecule has 1 heterocycles. The van der Waals surface area contributed by atoms with Gasteiger partial charge in [0.2, 0.25) is 0 Å². The number of halogens is 2. The highest BCUT2D eigenvalue weighted by atomic mass is 35.5. The topological polar surface area (TPSA) is 81.4 Å². The van der Waals surface area contributed by atoms with E-state index in [1.165, 1.54) is 11.8 Å². The van der Waals surface area contributed by atoms with Gasteiger partial charge in [-0.1, -0.05) is 70.9 Å². The SMILES string of the molecule is COc1ccc(-n2c(SCC(=O)NN=C(C)c3ccc(Cl)c(Cl)c3)nnc2-c2ccc(C)cc2)cc1. The number of benzene rings is 3. The van der Waals surface area contributed by atoms with Crippen LogP contribution in [-0.2, 0) is 4.79 Å². The minimum Gasteiger partial charge on any atom is -0.497 e. The molecule has 184 valence electrons. The summed E-state index contributed by atoms with van der Waals surface area (Å²) in [6, 6.07) is 20.8. The molecule has 1 amide bonds. The van der Waals surface area contributed by atoms with Crippen LogP contribution in [0.3, 0.4) is 0 Å². The maximum Gasteiger partial charge on any atom is 0.250 e. The number of hydrazone groups is 1. The van der Waals surface area contributed by atoms with E-state index in [0.717, 1.165) is 28.1 Å². The number of carbonyl (C=O) groups excluding carboxylic acids is 1. The summed E-state index contributed by atoms with van der Waals surface area (Å²) in [7, 11) is 1.62. The first kappa shape index (κ1) is 25.8. The molecule has 0 spiro atoms. The van der Waals surface area contributed by atoms with E-state index in [9.17, 15) is 4.79 Å². The fourth-order valence-corrected chi connectivity index (χ4v) is 4.35. The average molecular weight is 540 g/mol. The van der Waals surface area contributed by atoms with Crippen molar-refractivity contribution in [2.75, 3.05) is 12.9 Å². The van der Waals surface area contributed by atoms with Gasteiger partial charge in [0, 0.05) is 11.3 Å². The van der Waals surface area contributed by atoms with Crippen LogP contribution in [0.1, 0.15) is 18.1 Å². The summed E-state index contributed by atoms with van der Waals surface area (Å²) in [5.74, 6) is 1.24. The van der Waals surface area contributed by atoms with Crippen molar-refractivity contribution < 1.29 is 9.53 Å². The minimum atomic E-state index is -0.277. The second-order valence-corrected chi connectivity index (χ2v) is 9.61. The van der Waals surface area contributed by atoms with Crippen molar-refractivity contribution in [3.05, 3.63) is 87.9 Å². The fourth-order valence-electron chi connectivity index (χ4n) is 3.31. The highest BCUT2D eigenvalue weighted by Crippen LogP contribution is 2.29. The monoisotopic (exact) mass is 539 g/mol. The van der Waals surface area contributed by atoms with Crippen LogP contribution in [0.5, 0.6) is 5.75 Å². The van der Waals surface area contributed by atoms with E-state index in [-0.39, 0.29) is 11.7 Å². The molecule has 0 saturated carbocycles. The predicted octanol–water partition coefficient (Wildman–Crippen LogP) is 6.19. The van der Waals surface area contributed by atoms with E-state index >= 15 is 0 Å². The van der Waals surface area contributed by atoms with E-state index in [4.69, 9.17) is 27.9 Å². The highest BCUT2D eigenvalue weighted by Gasteiger charge is 2.17. The van der Waals surface area contributed by atoms with Crippen molar-refractivity contribution in [3.8, 4) is 22.8 Å². The number of hydrogen-bond donors (Lipinski definition) is 1. The van der Waals surface area contributed by atoms with Gasteiger partial charge in [0.15, 0.2) is 11.0 Å². The van der Waals surface area contributed by atoms with Crippen LogP contribution in [0.25, 0.3) is 17.1 Å². The molecular formula is C26H23Cl2N5O2S. The number of carbonyl (C=O) groups is 1. The predicted molar refractivity (Wildman–Crippen MR) is 146 cm³/mol. The zero-order valence-electron chi connectivity index (χ0n) is 19.8. The van der Waals surface area contributed by atoms with Gasteiger partial charge in [-0.25, -0.2) is 5.43 Å². The summed E-state index contributed by atoms with van der Waals surface area (Å²) in [4.78, 5) is 12.6. The Hall–Kier alpha value is -3.33. The van der Waals surface area contributed by atoms with Gasteiger partial charge in [-0.3, -0.25) is 9.36 Å². The van der Waals surface area contributed by atoms with E-state index in [1.54, 1.807) is 32.2 Å². The number of hydrogen-bond acceptors (Lipinski definition) is 6. The average Bonchev–Trinajstić information content (AvgIpc) is 3.32. The lowest BCUT2D eigenvalue weighted by molar-refractivity contribution is -0.118. The van der Waals surface area contributed by atoms with Crippen molar-refractivity contribution >= 4 is 46.6 Å². The quantitative estimate of drug-likeness (QED) is 0.164. The number of rotatable bonds is 8. The van der Waals surface area contributed by atoms with Crippen molar-refractivity contribution in [1.29, 1.82) is 0 Å². The van der Waals surface area contributed by atoms with Crippen LogP contribution < -0.4 is 10.2 Å². The molecule has 0 bridgehead atoms. The van der Waals surface area contributed by atoms with E-state index in [2.05, 4.69) is 20.7 Å². The molecule has 0 aliphatic heterocycles. The van der Waals surface area contributed by atoms with Crippen LogP contribution in [0.2, 0.25) is 10.0 Å². The van der Waals surface area contributed by atoms with Gasteiger partial charge in [0.1, 0.15) is 5.75 Å². The Bertz CT molecular complexity index is 1400. The summed E-state index contributed by atoms with van der Waals surface area (Å²) in [6.45, 7) is 3.81. The molecule has 3 aromatic carbocycles. The number of methoxy groups -OCH3 is 1. The molecule has 0 saturated heterocycles. The Labute approximate surface area is 223 Å². The van der Waals surface area contributed by atoms with Crippen LogP contribution in [-0.4, -0.2) is 39.2 Å². The first-order valence-corrected chi connectivity index (χ1v) is 12.7. The maximum absolute atomic E-state index is 12.6. The third-order valence-electron chi connectivity index (χ3n) is 5.29. The molecule has 1 aromatic heterocycles. The number of ether oxygens (including phenoxy) is 1. The largest absolute Gasteiger partial charge is 0.497 e. The molecule has 4 aromatic rings. The number of aryl methyl sites for hydroxylation is 1. The standard InChI is InChI=1S/C26H23Cl2N5O2S/c1-16-4-6-18(7-5-16)25-31-32-26(33(25)20-9-11-21(35-3)12-10-20)36-15-24(34)30-29-17(2)19-8-13-22(27)23(28)14-19/h4-14H,15H2,1-3H3,(H,30,34). The van der Waals surface area contributed by atoms with E-state index in [1.807, 2.05) is 60.0 Å². The number of nitrogens with zero attached hydrogens (tertiary/aromatic N) is 4. The smallest absolute Gasteiger partial charge is 0.250 e. The van der Waals surface area contributed by atoms with Crippen LogP contribution in [0.4, 0.5) is 0 Å². The summed E-state index contributed by atoms with van der Waals surface area (Å²) in [6.07, 6.45) is 0. The normalized spacial score (nSPS) is 11.4. The van der Waals surface area contributed by atoms with Crippen LogP contribution >= 0.6 is 35.0 Å². The Morgan fingerprint density at radius 1 is 1.03 bits per heavy atom. The molecule has 36 heavy (non-hydrogen) atoms. The highest BCUT2D eigenvalue weighted by molar-refractivity contribution is 7.99. The van der Waals surface area contributed by atoms with Gasteiger partial charge in [-0.15, -0.1) is 10.2 Å². The van der Waals surface area contributed by atoms with Crippen molar-refractivity contribution in [3.63, 3.8) is 0 Å². The van der Waals surface area contributed by atoms with Crippen LogP contribution in [0.15, 0.2) is 77.0 Å². The van der Waals surface area contributed by atoms with Gasteiger partial charge in [-0.05, 0) is 55.8 Å². The molecule has 7 nitrogen and oxygen atoms in total. The Morgan fingerprint density at radius 2 is 1.75 bits per heavy atom. The molecule has 10 heteroatoms. The second kappa shape index (κ2) is 11.6. The molecule has 1 N–H and O–H groups in total. The van der Waals surface area contributed by atoms with Crippen LogP contribution in [0, 0.1) is 6.92 Å². The molecule has 4 rings (SSSR count). The molecule has 0 radical (unpaired) electrons. The lowest BCUT2D eigenvalue weighted by Crippen LogP contribution is -2.21. The molecule has 0 atom stereocenters.